The first kappa shape index (κ1) is 15.9. The van der Waals surface area contributed by atoms with Crippen molar-refractivity contribution in [1.29, 1.82) is 0 Å². The largest absolute Gasteiger partial charge is 0.502 e. The second-order valence-corrected chi connectivity index (χ2v) is 4.37. The Hall–Kier alpha value is -1.12. The number of allylic oxidation sites excluding steroid dienone is 2. The highest BCUT2D eigenvalue weighted by molar-refractivity contribution is 5.09. The molecule has 0 radical (unpaired) electrons. The summed E-state index contributed by atoms with van der Waals surface area (Å²) in [6.45, 7) is 2.22. The van der Waals surface area contributed by atoms with E-state index in [9.17, 15) is 0 Å². The molecule has 0 aromatic heterocycles. The van der Waals surface area contributed by atoms with Gasteiger partial charge in [0, 0.05) is 0 Å². The van der Waals surface area contributed by atoms with Crippen molar-refractivity contribution >= 4 is 0 Å². The van der Waals surface area contributed by atoms with Crippen LogP contribution >= 0.6 is 0 Å². The minimum absolute atomic E-state index is 0.468. The molecule has 0 aromatic rings. The van der Waals surface area contributed by atoms with Gasteiger partial charge in [0.25, 0.3) is 0 Å². The summed E-state index contributed by atoms with van der Waals surface area (Å²) in [6, 6.07) is 0. The standard InChI is InChI=1S/C14H26O3/c1-2-3-4-5-6-7-8-9-10-11-12-13(15)14(16)17/h11-12,15-17H,2-10H2,1H3. The smallest absolute Gasteiger partial charge is 0.318 e. The minimum atomic E-state index is -1.02. The molecule has 0 unspecified atom stereocenters. The molecule has 3 heteroatoms. The Morgan fingerprint density at radius 1 is 0.824 bits per heavy atom. The Labute approximate surface area is 104 Å². The summed E-state index contributed by atoms with van der Waals surface area (Å²) >= 11 is 0. The highest BCUT2D eigenvalue weighted by Crippen LogP contribution is 2.10. The van der Waals surface area contributed by atoms with Crippen LogP contribution in [0, 0.1) is 0 Å². The molecule has 0 fully saturated rings. The molecule has 100 valence electrons. The Balaban J connectivity index is 3.27. The van der Waals surface area contributed by atoms with E-state index in [1.807, 2.05) is 0 Å². The Kier molecular flexibility index (Phi) is 10.6. The van der Waals surface area contributed by atoms with Crippen LogP contribution in [0.1, 0.15) is 64.7 Å². The highest BCUT2D eigenvalue weighted by Gasteiger charge is 1.94. The van der Waals surface area contributed by atoms with Crippen LogP contribution in [0.2, 0.25) is 0 Å². The molecule has 0 aliphatic carbocycles. The van der Waals surface area contributed by atoms with E-state index < -0.39 is 11.7 Å². The molecule has 0 bridgehead atoms. The maximum Gasteiger partial charge on any atom is 0.318 e. The molecule has 0 saturated carbocycles. The van der Waals surface area contributed by atoms with E-state index in [0.717, 1.165) is 12.8 Å². The van der Waals surface area contributed by atoms with Crippen molar-refractivity contribution in [2.75, 3.05) is 0 Å². The molecule has 3 nitrogen and oxygen atoms in total. The van der Waals surface area contributed by atoms with Crippen molar-refractivity contribution in [3.63, 3.8) is 0 Å². The normalized spacial score (nSPS) is 10.9. The van der Waals surface area contributed by atoms with E-state index in [1.54, 1.807) is 6.08 Å². The third-order valence-corrected chi connectivity index (χ3v) is 2.73. The van der Waals surface area contributed by atoms with Gasteiger partial charge in [0.2, 0.25) is 0 Å². The van der Waals surface area contributed by atoms with Crippen LogP contribution in [0.25, 0.3) is 0 Å². The fourth-order valence-corrected chi connectivity index (χ4v) is 1.67. The third-order valence-electron chi connectivity index (χ3n) is 2.73. The quantitative estimate of drug-likeness (QED) is 0.289. The maximum absolute atomic E-state index is 8.94. The van der Waals surface area contributed by atoms with Gasteiger partial charge < -0.3 is 15.3 Å². The maximum atomic E-state index is 8.94. The van der Waals surface area contributed by atoms with Crippen LogP contribution in [-0.2, 0) is 0 Å². The highest BCUT2D eigenvalue weighted by atomic mass is 16.5. The number of hydrogen-bond acceptors (Lipinski definition) is 3. The molecule has 0 rings (SSSR count). The zero-order valence-corrected chi connectivity index (χ0v) is 10.9. The monoisotopic (exact) mass is 242 g/mol. The Bertz CT molecular complexity index is 228. The summed E-state index contributed by atoms with van der Waals surface area (Å²) in [7, 11) is 0. The third kappa shape index (κ3) is 11.1. The van der Waals surface area contributed by atoms with Crippen LogP contribution in [-0.4, -0.2) is 15.3 Å². The lowest BCUT2D eigenvalue weighted by Gasteiger charge is -1.99. The Morgan fingerprint density at radius 2 is 1.35 bits per heavy atom. The van der Waals surface area contributed by atoms with Crippen LogP contribution in [0.5, 0.6) is 0 Å². The van der Waals surface area contributed by atoms with E-state index in [0.29, 0.717) is 0 Å². The van der Waals surface area contributed by atoms with Crippen LogP contribution in [0.3, 0.4) is 0 Å². The molecular formula is C14H26O3. The summed E-state index contributed by atoms with van der Waals surface area (Å²) in [5, 5.41) is 25.9. The number of rotatable bonds is 10. The molecule has 0 spiro atoms. The Morgan fingerprint density at radius 3 is 1.88 bits per heavy atom. The van der Waals surface area contributed by atoms with Crippen molar-refractivity contribution in [1.82, 2.24) is 0 Å². The first-order chi connectivity index (χ1) is 8.18. The van der Waals surface area contributed by atoms with E-state index in [-0.39, 0.29) is 0 Å². The predicted molar refractivity (Wildman–Crippen MR) is 71.3 cm³/mol. The number of unbranched alkanes of at least 4 members (excludes halogenated alkanes) is 8. The molecule has 3 N–H and O–H groups in total. The summed E-state index contributed by atoms with van der Waals surface area (Å²) in [6.07, 6.45) is 14.2. The molecule has 17 heavy (non-hydrogen) atoms. The zero-order chi connectivity index (χ0) is 12.9. The van der Waals surface area contributed by atoms with E-state index in [2.05, 4.69) is 6.92 Å². The molecular weight excluding hydrogens is 216 g/mol. The molecule has 0 atom stereocenters. The van der Waals surface area contributed by atoms with Gasteiger partial charge in [-0.05, 0) is 18.9 Å². The number of aliphatic hydroxyl groups is 3. The van der Waals surface area contributed by atoms with Gasteiger partial charge in [-0.25, -0.2) is 0 Å². The van der Waals surface area contributed by atoms with Gasteiger partial charge >= 0.3 is 5.95 Å². The van der Waals surface area contributed by atoms with Crippen LogP contribution < -0.4 is 0 Å². The van der Waals surface area contributed by atoms with Crippen molar-refractivity contribution in [3.05, 3.63) is 23.9 Å². The molecule has 0 aromatic carbocycles. The van der Waals surface area contributed by atoms with Gasteiger partial charge in [-0.1, -0.05) is 57.9 Å². The topological polar surface area (TPSA) is 60.7 Å². The van der Waals surface area contributed by atoms with Crippen molar-refractivity contribution in [3.8, 4) is 0 Å². The summed E-state index contributed by atoms with van der Waals surface area (Å²) in [4.78, 5) is 0. The van der Waals surface area contributed by atoms with Crippen molar-refractivity contribution in [2.45, 2.75) is 64.7 Å². The first-order valence-electron chi connectivity index (χ1n) is 6.66. The van der Waals surface area contributed by atoms with E-state index in [1.165, 1.54) is 51.0 Å². The average Bonchev–Trinajstić information content (AvgIpc) is 2.31. The van der Waals surface area contributed by atoms with Gasteiger partial charge in [0.05, 0.1) is 0 Å². The van der Waals surface area contributed by atoms with Gasteiger partial charge in [0.1, 0.15) is 0 Å². The van der Waals surface area contributed by atoms with Gasteiger partial charge in [-0.15, -0.1) is 0 Å². The van der Waals surface area contributed by atoms with Crippen LogP contribution in [0.15, 0.2) is 23.9 Å². The second-order valence-electron chi connectivity index (χ2n) is 4.37. The van der Waals surface area contributed by atoms with Crippen molar-refractivity contribution < 1.29 is 15.3 Å². The van der Waals surface area contributed by atoms with E-state index in [4.69, 9.17) is 15.3 Å². The summed E-state index contributed by atoms with van der Waals surface area (Å²) in [5.41, 5.74) is 0. The van der Waals surface area contributed by atoms with E-state index >= 15 is 0 Å². The first-order valence-corrected chi connectivity index (χ1v) is 6.66. The number of hydrogen-bond donors (Lipinski definition) is 3. The molecule has 0 amide bonds. The predicted octanol–water partition coefficient (Wildman–Crippen LogP) is 4.92. The van der Waals surface area contributed by atoms with Crippen molar-refractivity contribution in [2.24, 2.45) is 0 Å². The van der Waals surface area contributed by atoms with Gasteiger partial charge in [-0.3, -0.25) is 0 Å². The summed E-state index contributed by atoms with van der Waals surface area (Å²) < 4.78 is 0. The van der Waals surface area contributed by atoms with Gasteiger partial charge in [-0.2, -0.15) is 0 Å². The SMILES string of the molecule is CCCCCCCCCCC=CC(O)=C(O)O. The fraction of sp³-hybridized carbons (Fsp3) is 0.714. The lowest BCUT2D eigenvalue weighted by molar-refractivity contribution is 0.163. The fourth-order valence-electron chi connectivity index (χ4n) is 1.67. The summed E-state index contributed by atoms with van der Waals surface area (Å²) in [5.74, 6) is -1.48. The second kappa shape index (κ2) is 11.4. The lowest BCUT2D eigenvalue weighted by atomic mass is 10.1. The molecule has 0 saturated heterocycles. The zero-order valence-electron chi connectivity index (χ0n) is 10.9. The number of aliphatic hydroxyl groups excluding tert-OH is 2. The minimum Gasteiger partial charge on any atom is -0.502 e. The average molecular weight is 242 g/mol. The van der Waals surface area contributed by atoms with Crippen LogP contribution in [0.4, 0.5) is 0 Å². The lowest BCUT2D eigenvalue weighted by Crippen LogP contribution is -1.84. The molecule has 0 aliphatic heterocycles. The van der Waals surface area contributed by atoms with Gasteiger partial charge in [0.15, 0.2) is 5.76 Å². The molecule has 0 aliphatic rings. The molecule has 0 heterocycles.